The molecule has 5 aliphatic rings. The Bertz CT molecular complexity index is 1590. The number of carboxylic acids is 1. The van der Waals surface area contributed by atoms with Gasteiger partial charge in [-0.3, -0.25) is 4.79 Å². The number of hydrogen-bond donors (Lipinski definition) is 2. The van der Waals surface area contributed by atoms with Crippen LogP contribution in [0.15, 0.2) is 42.5 Å². The van der Waals surface area contributed by atoms with Gasteiger partial charge in [0.1, 0.15) is 6.54 Å². The number of carbonyl (C=O) groups excluding carboxylic acids is 2. The zero-order chi connectivity index (χ0) is 44.1. The molecular formula is C54H90N2O4. The van der Waals surface area contributed by atoms with Gasteiger partial charge in [0, 0.05) is 5.56 Å². The van der Waals surface area contributed by atoms with E-state index in [0.29, 0.717) is 23.7 Å². The summed E-state index contributed by atoms with van der Waals surface area (Å²) in [6, 6.07) is 9.91. The van der Waals surface area contributed by atoms with Crippen molar-refractivity contribution >= 4 is 11.9 Å². The highest BCUT2D eigenvalue weighted by Gasteiger charge is 2.71. The van der Waals surface area contributed by atoms with Crippen LogP contribution in [0, 0.1) is 56.7 Å². The van der Waals surface area contributed by atoms with E-state index in [4.69, 9.17) is 0 Å². The molecule has 0 saturated heterocycles. The molecule has 0 aliphatic heterocycles. The molecule has 0 spiro atoms. The number of unbranched alkanes of at least 4 members (excludes halogenated alkanes) is 9. The first-order valence-corrected chi connectivity index (χ1v) is 24.9. The maximum atomic E-state index is 13.9. The molecule has 6 heteroatoms. The standard InChI is InChI=1S/C33H53NO4.C21H38N/c1-19(2)21-11-16-33(28(38)34-20(3)27(36)37)18-17-31(7)22(26(21)33)9-10-24-30(6)14-13-25(35)29(4,5)23(30)12-15-32(24,31)8;1-4-5-6-7-8-9-10-11-12-16-19-22(2,3)20-21-17-14-13-15-18-21/h20-26,35H,1,9-18H2,2-8H3,(H,34,38)(H,36,37);13-15,17-18H,4-12,16,19-20H2,1-3H3/q;+1/p-1/t20-,21+,22-,23+,24-,25+,26-,30+,31-,32-,33+;/m1./s1. The summed E-state index contributed by atoms with van der Waals surface area (Å²) in [4.78, 5) is 25.4. The lowest BCUT2D eigenvalue weighted by Gasteiger charge is -2.72. The summed E-state index contributed by atoms with van der Waals surface area (Å²) in [5.41, 5.74) is 2.59. The SMILES string of the molecule is C=C(C)[C@@H]1CC[C@]2(C(=O)N[C@H](C)C(=O)[O-])CC[C@]3(C)[C@H](CC[C@@H]4[C@@]5(C)CC[C@H](O)C(C)(C)[C@@H]5CC[C@]43C)[C@@H]12.CCCCCCCCCCCC[N+](C)(C)Cc1ccccc1. The first kappa shape index (κ1) is 48.8. The van der Waals surface area contributed by atoms with Gasteiger partial charge in [-0.2, -0.15) is 0 Å². The first-order valence-electron chi connectivity index (χ1n) is 24.9. The van der Waals surface area contributed by atoms with Crippen molar-refractivity contribution in [2.45, 2.75) is 202 Å². The van der Waals surface area contributed by atoms with Crippen LogP contribution < -0.4 is 10.4 Å². The molecule has 0 unspecified atom stereocenters. The van der Waals surface area contributed by atoms with Crippen LogP contribution in [0.1, 0.15) is 189 Å². The molecule has 5 aliphatic carbocycles. The quantitative estimate of drug-likeness (QED) is 0.0930. The summed E-state index contributed by atoms with van der Waals surface area (Å²) < 4.78 is 1.11. The van der Waals surface area contributed by atoms with Gasteiger partial charge in [0.25, 0.3) is 0 Å². The number of carbonyl (C=O) groups is 2. The largest absolute Gasteiger partial charge is 0.548 e. The van der Waals surface area contributed by atoms with Crippen molar-refractivity contribution in [2.24, 2.45) is 56.7 Å². The summed E-state index contributed by atoms with van der Waals surface area (Å²) in [5, 5.41) is 25.3. The van der Waals surface area contributed by atoms with Crippen molar-refractivity contribution in [1.82, 2.24) is 5.32 Å². The number of amides is 1. The molecule has 0 bridgehead atoms. The summed E-state index contributed by atoms with van der Waals surface area (Å²) >= 11 is 0. The molecule has 6 rings (SSSR count). The molecule has 11 atom stereocenters. The number of quaternary nitrogens is 1. The van der Waals surface area contributed by atoms with E-state index in [-0.39, 0.29) is 39.6 Å². The zero-order valence-corrected chi connectivity index (χ0v) is 40.3. The van der Waals surface area contributed by atoms with Crippen molar-refractivity contribution in [3.05, 3.63) is 48.0 Å². The predicted molar refractivity (Wildman–Crippen MR) is 247 cm³/mol. The van der Waals surface area contributed by atoms with Crippen LogP contribution in [-0.4, -0.2) is 54.3 Å². The Hall–Kier alpha value is -2.18. The van der Waals surface area contributed by atoms with E-state index in [1.165, 1.54) is 108 Å². The molecule has 0 radical (unpaired) electrons. The number of allylic oxidation sites excluding steroid dienone is 1. The van der Waals surface area contributed by atoms with E-state index in [1.54, 1.807) is 0 Å². The van der Waals surface area contributed by atoms with Crippen LogP contribution in [0.25, 0.3) is 0 Å². The second-order valence-electron chi connectivity index (χ2n) is 23.2. The number of nitrogens with zero attached hydrogens (tertiary/aromatic N) is 1. The molecule has 340 valence electrons. The number of benzene rings is 1. The van der Waals surface area contributed by atoms with Gasteiger partial charge >= 0.3 is 0 Å². The van der Waals surface area contributed by atoms with Crippen LogP contribution in [-0.2, 0) is 16.1 Å². The number of hydrogen-bond acceptors (Lipinski definition) is 4. The van der Waals surface area contributed by atoms with E-state index in [2.05, 4.69) is 105 Å². The molecule has 1 aromatic rings. The summed E-state index contributed by atoms with van der Waals surface area (Å²) in [6.07, 6.45) is 24.3. The fourth-order valence-electron chi connectivity index (χ4n) is 15.1. The molecule has 2 N–H and O–H groups in total. The topological polar surface area (TPSA) is 89.5 Å². The van der Waals surface area contributed by atoms with Crippen molar-refractivity contribution in [1.29, 1.82) is 0 Å². The van der Waals surface area contributed by atoms with Crippen LogP contribution in [0.3, 0.4) is 0 Å². The highest BCUT2D eigenvalue weighted by atomic mass is 16.4. The second kappa shape index (κ2) is 19.7. The Morgan fingerprint density at radius 3 is 2.02 bits per heavy atom. The van der Waals surface area contributed by atoms with E-state index < -0.39 is 17.4 Å². The predicted octanol–water partition coefficient (Wildman–Crippen LogP) is 11.4. The monoisotopic (exact) mass is 831 g/mol. The lowest BCUT2D eigenvalue weighted by Crippen LogP contribution is -2.67. The van der Waals surface area contributed by atoms with Gasteiger partial charge in [-0.15, -0.1) is 0 Å². The molecule has 0 aromatic heterocycles. The number of aliphatic hydroxyl groups is 1. The molecule has 0 heterocycles. The third kappa shape index (κ3) is 9.80. The lowest BCUT2D eigenvalue weighted by atomic mass is 9.32. The van der Waals surface area contributed by atoms with Gasteiger partial charge in [0.2, 0.25) is 5.91 Å². The molecule has 1 amide bonds. The summed E-state index contributed by atoms with van der Waals surface area (Å²) in [7, 11) is 4.72. The molecule has 5 fully saturated rings. The van der Waals surface area contributed by atoms with Crippen LogP contribution in [0.4, 0.5) is 0 Å². The van der Waals surface area contributed by atoms with Gasteiger partial charge < -0.3 is 24.8 Å². The first-order chi connectivity index (χ1) is 28.2. The van der Waals surface area contributed by atoms with Crippen molar-refractivity contribution in [3.63, 3.8) is 0 Å². The van der Waals surface area contributed by atoms with Crippen molar-refractivity contribution in [2.75, 3.05) is 20.6 Å². The molecular weight excluding hydrogens is 741 g/mol. The molecule has 1 aromatic carbocycles. The fraction of sp³-hybridized carbons (Fsp3) is 0.815. The minimum atomic E-state index is -1.22. The van der Waals surface area contributed by atoms with Gasteiger partial charge in [-0.05, 0) is 142 Å². The third-order valence-electron chi connectivity index (χ3n) is 18.8. The van der Waals surface area contributed by atoms with E-state index >= 15 is 0 Å². The number of aliphatic carboxylic acids is 1. The van der Waals surface area contributed by atoms with Gasteiger partial charge in [0.15, 0.2) is 0 Å². The van der Waals surface area contributed by atoms with Gasteiger partial charge in [0.05, 0.1) is 44.2 Å². The Kier molecular flexibility index (Phi) is 16.0. The summed E-state index contributed by atoms with van der Waals surface area (Å²) in [6.45, 7) is 25.1. The fourth-order valence-corrected chi connectivity index (χ4v) is 15.1. The highest BCUT2D eigenvalue weighted by molar-refractivity contribution is 5.87. The maximum absolute atomic E-state index is 13.9. The Labute approximate surface area is 368 Å². The number of fused-ring (bicyclic) bond motifs is 7. The number of rotatable bonds is 17. The van der Waals surface area contributed by atoms with Gasteiger partial charge in [-0.1, -0.05) is 135 Å². The number of aliphatic hydroxyl groups excluding tert-OH is 1. The smallest absolute Gasteiger partial charge is 0.227 e. The highest BCUT2D eigenvalue weighted by Crippen LogP contribution is 2.77. The van der Waals surface area contributed by atoms with E-state index in [9.17, 15) is 19.8 Å². The Balaban J connectivity index is 0.000000265. The van der Waals surface area contributed by atoms with E-state index in [0.717, 1.165) is 56.0 Å². The summed E-state index contributed by atoms with van der Waals surface area (Å²) in [5.74, 6) is 0.793. The Morgan fingerprint density at radius 2 is 1.42 bits per heavy atom. The molecule has 6 nitrogen and oxygen atoms in total. The zero-order valence-electron chi connectivity index (χ0n) is 40.3. The lowest BCUT2D eigenvalue weighted by molar-refractivity contribution is -0.903. The normalized spacial score (nSPS) is 36.0. The van der Waals surface area contributed by atoms with Crippen LogP contribution >= 0.6 is 0 Å². The molecule has 5 saturated carbocycles. The maximum Gasteiger partial charge on any atom is 0.227 e. The average Bonchev–Trinajstić information content (AvgIpc) is 3.59. The van der Waals surface area contributed by atoms with Crippen molar-refractivity contribution in [3.8, 4) is 0 Å². The minimum absolute atomic E-state index is 0.0575. The van der Waals surface area contributed by atoms with Crippen molar-refractivity contribution < 1.29 is 24.3 Å². The van der Waals surface area contributed by atoms with Crippen LogP contribution in [0.2, 0.25) is 0 Å². The Morgan fingerprint density at radius 1 is 0.800 bits per heavy atom. The average molecular weight is 831 g/mol. The number of carboxylic acid groups (broad SMARTS) is 1. The number of nitrogens with one attached hydrogen (secondary N) is 1. The molecule has 60 heavy (non-hydrogen) atoms. The minimum Gasteiger partial charge on any atom is -0.548 e. The second-order valence-corrected chi connectivity index (χ2v) is 23.2. The third-order valence-corrected chi connectivity index (χ3v) is 18.8. The van der Waals surface area contributed by atoms with E-state index in [1.807, 2.05) is 0 Å². The van der Waals surface area contributed by atoms with Gasteiger partial charge in [-0.25, -0.2) is 0 Å². The van der Waals surface area contributed by atoms with Crippen LogP contribution in [0.5, 0.6) is 0 Å².